The number of pyridine rings is 1. The molecule has 2 aromatic carbocycles. The van der Waals surface area contributed by atoms with Crippen LogP contribution in [0.4, 0.5) is 5.69 Å². The van der Waals surface area contributed by atoms with Gasteiger partial charge in [0.25, 0.3) is 11.8 Å². The van der Waals surface area contributed by atoms with Crippen LogP contribution in [0.5, 0.6) is 0 Å². The van der Waals surface area contributed by atoms with Crippen LogP contribution in [0.1, 0.15) is 27.2 Å². The molecule has 0 aliphatic carbocycles. The molecule has 2 aliphatic heterocycles. The van der Waals surface area contributed by atoms with Crippen molar-refractivity contribution in [1.29, 1.82) is 0 Å². The number of aromatic nitrogens is 1. The third kappa shape index (κ3) is 2.99. The van der Waals surface area contributed by atoms with Gasteiger partial charge < -0.3 is 10.2 Å². The van der Waals surface area contributed by atoms with Crippen LogP contribution in [0.3, 0.4) is 0 Å². The molecule has 6 nitrogen and oxygen atoms in total. The second-order valence-electron chi connectivity index (χ2n) is 6.99. The van der Waals surface area contributed by atoms with Crippen molar-refractivity contribution in [2.75, 3.05) is 11.4 Å². The van der Waals surface area contributed by atoms with Gasteiger partial charge in [0.15, 0.2) is 0 Å². The van der Waals surface area contributed by atoms with Crippen LogP contribution in [0.2, 0.25) is 0 Å². The quantitative estimate of drug-likeness (QED) is 0.757. The van der Waals surface area contributed by atoms with Crippen molar-refractivity contribution in [2.45, 2.75) is 12.6 Å². The first kappa shape index (κ1) is 17.3. The summed E-state index contributed by atoms with van der Waals surface area (Å²) in [5, 5.41) is 2.77. The fraction of sp³-hybridized carbons (Fsp3) is 0.130. The molecule has 3 aromatic rings. The zero-order valence-corrected chi connectivity index (χ0v) is 15.6. The molecular formula is C23H18N4O2. The minimum atomic E-state index is -1.02. The molecule has 0 bridgehead atoms. The Morgan fingerprint density at radius 2 is 1.83 bits per heavy atom. The Balaban J connectivity index is 1.62. The summed E-state index contributed by atoms with van der Waals surface area (Å²) >= 11 is 0. The van der Waals surface area contributed by atoms with E-state index in [0.717, 1.165) is 28.8 Å². The van der Waals surface area contributed by atoms with Crippen molar-refractivity contribution in [3.63, 3.8) is 0 Å². The molecule has 0 unspecified atom stereocenters. The number of para-hydroxylation sites is 1. The molecule has 1 aromatic heterocycles. The average molecular weight is 382 g/mol. The summed E-state index contributed by atoms with van der Waals surface area (Å²) in [6.07, 6.45) is 1.32. The van der Waals surface area contributed by atoms with Crippen LogP contribution < -0.4 is 10.2 Å². The Morgan fingerprint density at radius 3 is 2.62 bits per heavy atom. The van der Waals surface area contributed by atoms with Gasteiger partial charge in [-0.1, -0.05) is 54.6 Å². The van der Waals surface area contributed by atoms with E-state index in [9.17, 15) is 9.59 Å². The number of benzene rings is 2. The van der Waals surface area contributed by atoms with E-state index in [4.69, 9.17) is 4.99 Å². The van der Waals surface area contributed by atoms with Crippen molar-refractivity contribution in [3.8, 4) is 0 Å². The summed E-state index contributed by atoms with van der Waals surface area (Å²) in [6, 6.07) is 20.8. The number of rotatable bonds is 3. The Labute approximate surface area is 167 Å². The molecule has 5 rings (SSSR count). The lowest BCUT2D eigenvalue weighted by Crippen LogP contribution is -2.47. The number of hydrogen-bond donors (Lipinski definition) is 1. The highest BCUT2D eigenvalue weighted by Crippen LogP contribution is 2.36. The maximum atomic E-state index is 13.3. The summed E-state index contributed by atoms with van der Waals surface area (Å²) in [6.45, 7) is 0.582. The number of amides is 2. The summed E-state index contributed by atoms with van der Waals surface area (Å²) < 4.78 is 0. The normalized spacial score (nSPS) is 17.4. The molecule has 6 heteroatoms. The van der Waals surface area contributed by atoms with E-state index < -0.39 is 12.1 Å². The lowest BCUT2D eigenvalue weighted by molar-refractivity contribution is -0.120. The molecule has 0 radical (unpaired) electrons. The van der Waals surface area contributed by atoms with Crippen molar-refractivity contribution in [1.82, 2.24) is 10.3 Å². The summed E-state index contributed by atoms with van der Waals surface area (Å²) in [5.74, 6) is -0.656. The van der Waals surface area contributed by atoms with Crippen molar-refractivity contribution < 1.29 is 9.59 Å². The van der Waals surface area contributed by atoms with Crippen LogP contribution in [0, 0.1) is 0 Å². The zero-order valence-electron chi connectivity index (χ0n) is 15.6. The van der Waals surface area contributed by atoms with E-state index >= 15 is 0 Å². The molecule has 3 heterocycles. The van der Waals surface area contributed by atoms with Crippen molar-refractivity contribution in [3.05, 3.63) is 95.3 Å². The van der Waals surface area contributed by atoms with Crippen LogP contribution in [-0.2, 0) is 11.2 Å². The minimum absolute atomic E-state index is 0.230. The molecule has 0 fully saturated rings. The van der Waals surface area contributed by atoms with E-state index in [1.807, 2.05) is 48.5 Å². The molecule has 1 atom stereocenters. The number of hydrogen-bond acceptors (Lipinski definition) is 4. The fourth-order valence-corrected chi connectivity index (χ4v) is 3.88. The Hall–Kier alpha value is -3.80. The first-order valence-electron chi connectivity index (χ1n) is 9.51. The number of nitrogens with zero attached hydrogens (tertiary/aromatic N) is 3. The van der Waals surface area contributed by atoms with Crippen LogP contribution in [0.15, 0.2) is 77.9 Å². The lowest BCUT2D eigenvalue weighted by atomic mass is 9.98. The molecule has 2 aliphatic rings. The number of carbonyl (C=O) groups excluding carboxylic acids is 2. The van der Waals surface area contributed by atoms with E-state index in [-0.39, 0.29) is 11.6 Å². The second kappa shape index (κ2) is 6.98. The molecule has 0 saturated heterocycles. The highest BCUT2D eigenvalue weighted by atomic mass is 16.2. The molecule has 1 N–H and O–H groups in total. The predicted molar refractivity (Wildman–Crippen MR) is 110 cm³/mol. The number of aliphatic imine (C=N–C) groups is 1. The first-order chi connectivity index (χ1) is 14.2. The smallest absolute Gasteiger partial charge is 0.272 e. The third-order valence-corrected chi connectivity index (χ3v) is 5.22. The maximum absolute atomic E-state index is 13.3. The number of carbonyl (C=O) groups is 2. The highest BCUT2D eigenvalue weighted by Gasteiger charge is 2.37. The van der Waals surface area contributed by atoms with Crippen LogP contribution in [-0.4, -0.2) is 35.2 Å². The van der Waals surface area contributed by atoms with Gasteiger partial charge in [0.1, 0.15) is 5.69 Å². The van der Waals surface area contributed by atoms with Gasteiger partial charge in [-0.25, -0.2) is 4.99 Å². The van der Waals surface area contributed by atoms with Gasteiger partial charge in [0.2, 0.25) is 6.17 Å². The predicted octanol–water partition coefficient (Wildman–Crippen LogP) is 2.58. The van der Waals surface area contributed by atoms with Gasteiger partial charge >= 0.3 is 0 Å². The second-order valence-corrected chi connectivity index (χ2v) is 6.99. The van der Waals surface area contributed by atoms with Crippen molar-refractivity contribution in [2.24, 2.45) is 4.99 Å². The summed E-state index contributed by atoms with van der Waals surface area (Å²) in [4.78, 5) is 36.5. The fourth-order valence-electron chi connectivity index (χ4n) is 3.88. The lowest BCUT2D eigenvalue weighted by Gasteiger charge is -2.20. The third-order valence-electron chi connectivity index (χ3n) is 5.22. The van der Waals surface area contributed by atoms with Gasteiger partial charge in [0.05, 0.1) is 11.4 Å². The van der Waals surface area contributed by atoms with E-state index in [1.165, 1.54) is 0 Å². The molecule has 142 valence electrons. The topological polar surface area (TPSA) is 74.7 Å². The van der Waals surface area contributed by atoms with Gasteiger partial charge in [0, 0.05) is 23.9 Å². The molecule has 2 amide bonds. The zero-order chi connectivity index (χ0) is 19.8. The number of anilines is 1. The standard InChI is InChI=1S/C23H18N4O2/c28-22(18-11-4-5-13-24-18)26-21-23(29)27-14-12-16-9-6-10-17(20(16)27)19(25-21)15-7-2-1-3-8-15/h1-11,13,21H,12,14H2,(H,26,28)/t21-/m0/s1. The average Bonchev–Trinajstić information content (AvgIpc) is 3.17. The number of nitrogens with one attached hydrogen (secondary N) is 1. The largest absolute Gasteiger partial charge is 0.321 e. The van der Waals surface area contributed by atoms with E-state index in [2.05, 4.69) is 10.3 Å². The van der Waals surface area contributed by atoms with Gasteiger partial charge in [-0.3, -0.25) is 14.6 Å². The molecular weight excluding hydrogens is 364 g/mol. The van der Waals surface area contributed by atoms with Gasteiger partial charge in [-0.15, -0.1) is 0 Å². The summed E-state index contributed by atoms with van der Waals surface area (Å²) in [7, 11) is 0. The van der Waals surface area contributed by atoms with Crippen LogP contribution >= 0.6 is 0 Å². The molecule has 0 spiro atoms. The Kier molecular flexibility index (Phi) is 4.17. The Bertz CT molecular complexity index is 1130. The summed E-state index contributed by atoms with van der Waals surface area (Å²) in [5.41, 5.74) is 4.78. The van der Waals surface area contributed by atoms with E-state index in [1.54, 1.807) is 29.3 Å². The molecule has 0 saturated carbocycles. The first-order valence-corrected chi connectivity index (χ1v) is 9.51. The molecule has 29 heavy (non-hydrogen) atoms. The van der Waals surface area contributed by atoms with E-state index in [0.29, 0.717) is 12.3 Å². The van der Waals surface area contributed by atoms with Gasteiger partial charge in [-0.2, -0.15) is 0 Å². The maximum Gasteiger partial charge on any atom is 0.272 e. The monoisotopic (exact) mass is 382 g/mol. The van der Waals surface area contributed by atoms with Crippen LogP contribution in [0.25, 0.3) is 0 Å². The highest BCUT2D eigenvalue weighted by molar-refractivity contribution is 6.21. The Morgan fingerprint density at radius 1 is 1.00 bits per heavy atom. The van der Waals surface area contributed by atoms with Crippen molar-refractivity contribution >= 4 is 23.2 Å². The SMILES string of the molecule is O=C(N[C@@H]1N=C(c2ccccc2)c2cccc3c2N(CC3)C1=O)c1ccccn1. The van der Waals surface area contributed by atoms with Gasteiger partial charge in [-0.05, 0) is 24.1 Å². The minimum Gasteiger partial charge on any atom is -0.321 e.